The predicted octanol–water partition coefficient (Wildman–Crippen LogP) is -0.274. The maximum absolute atomic E-state index is 9.74. The van der Waals surface area contributed by atoms with Crippen LogP contribution in [-0.2, 0) is 4.79 Å². The summed E-state index contributed by atoms with van der Waals surface area (Å²) in [6.07, 6.45) is 1.32. The summed E-state index contributed by atoms with van der Waals surface area (Å²) in [6.45, 7) is 3.25. The highest BCUT2D eigenvalue weighted by molar-refractivity contribution is 14.1. The van der Waals surface area contributed by atoms with Gasteiger partial charge >= 0.3 is 0 Å². The lowest BCUT2D eigenvalue weighted by molar-refractivity contribution is -0.303. The molecule has 0 saturated carbocycles. The molecule has 0 rings (SSSR count). The second-order valence-corrected chi connectivity index (χ2v) is 2.30. The molecule has 0 radical (unpaired) electrons. The van der Waals surface area contributed by atoms with E-state index in [4.69, 9.17) is 0 Å². The number of halogens is 1. The van der Waals surface area contributed by atoms with Gasteiger partial charge in [0.15, 0.2) is 0 Å². The van der Waals surface area contributed by atoms with Gasteiger partial charge < -0.3 is 9.90 Å². The van der Waals surface area contributed by atoms with Gasteiger partial charge in [0.05, 0.1) is 9.89 Å². The number of alkyl halides is 1. The second kappa shape index (κ2) is 3.01. The maximum atomic E-state index is 9.74. The summed E-state index contributed by atoms with van der Waals surface area (Å²) in [5, 5.41) is 9.74. The number of carbonyl (C=O) groups is 1. The summed E-state index contributed by atoms with van der Waals surface area (Å²) >= 11 is 1.72. The van der Waals surface area contributed by atoms with Crippen LogP contribution >= 0.6 is 22.6 Å². The Morgan fingerprint density at radius 3 is 2.43 bits per heavy atom. The van der Waals surface area contributed by atoms with Crippen LogP contribution in [0.25, 0.3) is 0 Å². The van der Waals surface area contributed by atoms with Crippen LogP contribution < -0.4 is 5.11 Å². The third-order valence-electron chi connectivity index (χ3n) is 0.432. The molecule has 0 aliphatic heterocycles. The first-order valence-electron chi connectivity index (χ1n) is 1.66. The lowest BCUT2D eigenvalue weighted by Crippen LogP contribution is -2.29. The van der Waals surface area contributed by atoms with Crippen LogP contribution in [0.4, 0.5) is 0 Å². The van der Waals surface area contributed by atoms with Crippen molar-refractivity contribution in [2.24, 2.45) is 0 Å². The van der Waals surface area contributed by atoms with Crippen molar-refractivity contribution in [1.82, 2.24) is 0 Å². The van der Waals surface area contributed by atoms with Crippen LogP contribution in [0.5, 0.6) is 0 Å². The van der Waals surface area contributed by atoms with Crippen molar-refractivity contribution in [3.8, 4) is 0 Å². The Kier molecular flexibility index (Phi) is 2.98. The van der Waals surface area contributed by atoms with E-state index in [1.807, 2.05) is 0 Å². The van der Waals surface area contributed by atoms with E-state index in [1.54, 1.807) is 22.6 Å². The summed E-state index contributed by atoms with van der Waals surface area (Å²) in [6, 6.07) is 0. The topological polar surface area (TPSA) is 40.1 Å². The monoisotopic (exact) mass is 211 g/mol. The molecule has 0 aromatic carbocycles. The first-order chi connectivity index (χ1) is 3.18. The molecular formula is C4H4IO2-. The molecule has 0 aromatic rings. The number of carboxylic acid groups (broad SMARTS) is 1. The minimum absolute atomic E-state index is 0.558. The van der Waals surface area contributed by atoms with E-state index in [0.717, 1.165) is 0 Å². The summed E-state index contributed by atoms with van der Waals surface area (Å²) in [4.78, 5) is 9.74. The predicted molar refractivity (Wildman–Crippen MR) is 33.0 cm³/mol. The van der Waals surface area contributed by atoms with Gasteiger partial charge in [-0.1, -0.05) is 28.7 Å². The van der Waals surface area contributed by atoms with E-state index in [2.05, 4.69) is 6.58 Å². The molecule has 7 heavy (non-hydrogen) atoms. The van der Waals surface area contributed by atoms with Crippen LogP contribution in [0, 0.1) is 0 Å². The van der Waals surface area contributed by atoms with Gasteiger partial charge in [0.25, 0.3) is 0 Å². The normalized spacial score (nSPS) is 12.7. The van der Waals surface area contributed by atoms with Gasteiger partial charge in [-0.25, -0.2) is 0 Å². The number of carbonyl (C=O) groups excluding carboxylic acids is 1. The van der Waals surface area contributed by atoms with Crippen LogP contribution in [-0.4, -0.2) is 9.89 Å². The lowest BCUT2D eigenvalue weighted by Gasteiger charge is -2.01. The Hall–Kier alpha value is -0.0600. The van der Waals surface area contributed by atoms with E-state index in [-0.39, 0.29) is 0 Å². The van der Waals surface area contributed by atoms with Gasteiger partial charge in [-0.15, -0.1) is 6.58 Å². The van der Waals surface area contributed by atoms with Gasteiger partial charge in [-0.2, -0.15) is 0 Å². The maximum Gasteiger partial charge on any atom is 0.0682 e. The number of hydrogen-bond acceptors (Lipinski definition) is 2. The first-order valence-corrected chi connectivity index (χ1v) is 2.90. The zero-order valence-corrected chi connectivity index (χ0v) is 5.71. The second-order valence-electron chi connectivity index (χ2n) is 0.957. The van der Waals surface area contributed by atoms with E-state index < -0.39 is 9.89 Å². The van der Waals surface area contributed by atoms with E-state index in [1.165, 1.54) is 6.08 Å². The average Bonchev–Trinajstić information content (AvgIpc) is 1.65. The van der Waals surface area contributed by atoms with Gasteiger partial charge in [-0.3, -0.25) is 0 Å². The van der Waals surface area contributed by atoms with Crippen molar-refractivity contribution in [3.63, 3.8) is 0 Å². The Balaban J connectivity index is 3.55. The summed E-state index contributed by atoms with van der Waals surface area (Å²) in [7, 11) is 0. The Labute approximate surface area is 55.4 Å². The minimum Gasteiger partial charge on any atom is -0.549 e. The molecule has 0 heterocycles. The van der Waals surface area contributed by atoms with Crippen LogP contribution in [0.2, 0.25) is 0 Å². The van der Waals surface area contributed by atoms with Gasteiger partial charge in [0, 0.05) is 0 Å². The molecule has 0 fully saturated rings. The fourth-order valence-electron chi connectivity index (χ4n) is 0.0962. The molecule has 0 aliphatic rings. The van der Waals surface area contributed by atoms with Crippen molar-refractivity contribution in [1.29, 1.82) is 0 Å². The molecule has 2 nitrogen and oxygen atoms in total. The van der Waals surface area contributed by atoms with Crippen LogP contribution in [0.3, 0.4) is 0 Å². The Morgan fingerprint density at radius 1 is 2.00 bits per heavy atom. The van der Waals surface area contributed by atoms with Gasteiger partial charge in [-0.05, 0) is 0 Å². The van der Waals surface area contributed by atoms with Gasteiger partial charge in [0.1, 0.15) is 0 Å². The Bertz CT molecular complexity index is 89.7. The molecule has 0 aromatic heterocycles. The van der Waals surface area contributed by atoms with Crippen molar-refractivity contribution >= 4 is 28.6 Å². The molecule has 0 aliphatic carbocycles. The standard InChI is InChI=1S/C4H5IO2/c1-2-3(5)4(6)7/h2-3H,1H2,(H,6,7)/p-1. The van der Waals surface area contributed by atoms with Crippen molar-refractivity contribution in [2.75, 3.05) is 0 Å². The van der Waals surface area contributed by atoms with E-state index in [0.29, 0.717) is 0 Å². The first kappa shape index (κ1) is 6.94. The molecule has 1 unspecified atom stereocenters. The SMILES string of the molecule is C=CC(I)C(=O)[O-]. The van der Waals surface area contributed by atoms with Crippen molar-refractivity contribution < 1.29 is 9.90 Å². The molecule has 0 saturated heterocycles. The number of aliphatic carboxylic acids is 1. The van der Waals surface area contributed by atoms with Crippen LogP contribution in [0.1, 0.15) is 0 Å². The molecule has 1 atom stereocenters. The van der Waals surface area contributed by atoms with E-state index in [9.17, 15) is 9.90 Å². The molecule has 0 spiro atoms. The third-order valence-corrected chi connectivity index (χ3v) is 1.45. The van der Waals surface area contributed by atoms with Crippen molar-refractivity contribution in [2.45, 2.75) is 3.92 Å². The molecule has 0 amide bonds. The van der Waals surface area contributed by atoms with Crippen molar-refractivity contribution in [3.05, 3.63) is 12.7 Å². The summed E-state index contributed by atoms with van der Waals surface area (Å²) < 4.78 is -0.558. The fourth-order valence-corrected chi connectivity index (χ4v) is 0.0962. The highest BCUT2D eigenvalue weighted by Crippen LogP contribution is 1.97. The summed E-state index contributed by atoms with van der Waals surface area (Å²) in [5.74, 6) is -1.09. The highest BCUT2D eigenvalue weighted by atomic mass is 127. The number of carboxylic acids is 1. The average molecular weight is 211 g/mol. The number of rotatable bonds is 2. The fraction of sp³-hybridized carbons (Fsp3) is 0.250. The molecular weight excluding hydrogens is 207 g/mol. The van der Waals surface area contributed by atoms with E-state index >= 15 is 0 Å². The largest absolute Gasteiger partial charge is 0.549 e. The molecule has 0 N–H and O–H groups in total. The molecule has 0 bridgehead atoms. The number of hydrogen-bond donors (Lipinski definition) is 0. The Morgan fingerprint density at radius 2 is 2.43 bits per heavy atom. The smallest absolute Gasteiger partial charge is 0.0682 e. The van der Waals surface area contributed by atoms with Crippen LogP contribution in [0.15, 0.2) is 12.7 Å². The van der Waals surface area contributed by atoms with Gasteiger partial charge in [0.2, 0.25) is 0 Å². The third kappa shape index (κ3) is 2.61. The molecule has 3 heteroatoms. The highest BCUT2D eigenvalue weighted by Gasteiger charge is 1.93. The quantitative estimate of drug-likeness (QED) is 0.358. The minimum atomic E-state index is -1.09. The lowest BCUT2D eigenvalue weighted by atomic mass is 10.4. The zero-order chi connectivity index (χ0) is 5.86. The zero-order valence-electron chi connectivity index (χ0n) is 3.56. The molecule has 40 valence electrons. The summed E-state index contributed by atoms with van der Waals surface area (Å²) in [5.41, 5.74) is 0.